The van der Waals surface area contributed by atoms with Gasteiger partial charge >= 0.3 is 6.09 Å². The predicted molar refractivity (Wildman–Crippen MR) is 128 cm³/mol. The summed E-state index contributed by atoms with van der Waals surface area (Å²) in [6.45, 7) is 6.04. The number of hydrazone groups is 1. The second-order valence-corrected chi connectivity index (χ2v) is 8.08. The van der Waals surface area contributed by atoms with Crippen molar-refractivity contribution in [3.05, 3.63) is 78.0 Å². The molecule has 166 valence electrons. The first-order valence-electron chi connectivity index (χ1n) is 11.0. The van der Waals surface area contributed by atoms with Crippen LogP contribution in [0.2, 0.25) is 0 Å². The van der Waals surface area contributed by atoms with Gasteiger partial charge in [0, 0.05) is 11.1 Å². The molecule has 2 aromatic carbocycles. The zero-order valence-corrected chi connectivity index (χ0v) is 18.3. The molecule has 0 bridgehead atoms. The summed E-state index contributed by atoms with van der Waals surface area (Å²) in [7, 11) is 0. The third-order valence-electron chi connectivity index (χ3n) is 5.90. The Morgan fingerprint density at radius 3 is 2.53 bits per heavy atom. The van der Waals surface area contributed by atoms with Crippen molar-refractivity contribution >= 4 is 23.3 Å². The van der Waals surface area contributed by atoms with E-state index in [-0.39, 0.29) is 6.10 Å². The number of rotatable bonds is 3. The Morgan fingerprint density at radius 1 is 1.12 bits per heavy atom. The van der Waals surface area contributed by atoms with Gasteiger partial charge in [-0.1, -0.05) is 61.5 Å². The molecular weight excluding hydrogens is 402 g/mol. The summed E-state index contributed by atoms with van der Waals surface area (Å²) in [6, 6.07) is 17.7. The van der Waals surface area contributed by atoms with Gasteiger partial charge in [0.1, 0.15) is 11.9 Å². The average Bonchev–Trinajstić information content (AvgIpc) is 2.94. The number of amides is 1. The number of aliphatic imine (C=N–C) groups is 1. The van der Waals surface area contributed by atoms with Crippen molar-refractivity contribution in [1.82, 2.24) is 5.32 Å². The number of anilines is 1. The summed E-state index contributed by atoms with van der Waals surface area (Å²) in [6.07, 6.45) is 3.86. The van der Waals surface area contributed by atoms with Crippen LogP contribution in [-0.4, -0.2) is 29.9 Å². The van der Waals surface area contributed by atoms with Gasteiger partial charge < -0.3 is 10.6 Å². The summed E-state index contributed by atoms with van der Waals surface area (Å²) in [5.41, 5.74) is 3.96. The zero-order valence-electron chi connectivity index (χ0n) is 18.3. The van der Waals surface area contributed by atoms with Crippen molar-refractivity contribution in [2.75, 3.05) is 4.90 Å². The highest BCUT2D eigenvalue weighted by Crippen LogP contribution is 2.32. The highest BCUT2D eigenvalue weighted by Gasteiger charge is 2.31. The van der Waals surface area contributed by atoms with Crippen molar-refractivity contribution in [3.8, 4) is 0 Å². The number of nitrogens with zero attached hydrogens (tertiary/aromatic N) is 3. The van der Waals surface area contributed by atoms with Crippen molar-refractivity contribution < 1.29 is 9.53 Å². The van der Waals surface area contributed by atoms with E-state index in [2.05, 4.69) is 17.0 Å². The summed E-state index contributed by atoms with van der Waals surface area (Å²) < 4.78 is 5.69. The lowest BCUT2D eigenvalue weighted by atomic mass is 9.98. The van der Waals surface area contributed by atoms with E-state index in [0.29, 0.717) is 11.5 Å². The molecule has 1 aliphatic heterocycles. The van der Waals surface area contributed by atoms with Gasteiger partial charge in [0.25, 0.3) is 0 Å². The number of hydrogen-bond donors (Lipinski definition) is 2. The highest BCUT2D eigenvalue weighted by atomic mass is 16.6. The van der Waals surface area contributed by atoms with Crippen LogP contribution in [0, 0.1) is 0 Å². The lowest BCUT2D eigenvalue weighted by Gasteiger charge is -2.29. The van der Waals surface area contributed by atoms with Crippen LogP contribution in [0.25, 0.3) is 0 Å². The number of benzene rings is 2. The van der Waals surface area contributed by atoms with Gasteiger partial charge in [-0.15, -0.1) is 0 Å². The van der Waals surface area contributed by atoms with Crippen LogP contribution in [0.5, 0.6) is 0 Å². The molecule has 0 aromatic heterocycles. The number of nitrogens with two attached hydrogens (primary N) is 1. The molecule has 4 rings (SSSR count). The Bertz CT molecular complexity index is 1040. The van der Waals surface area contributed by atoms with Crippen LogP contribution in [0.1, 0.15) is 50.2 Å². The Kier molecular flexibility index (Phi) is 6.54. The van der Waals surface area contributed by atoms with Crippen molar-refractivity contribution in [2.24, 2.45) is 15.9 Å². The zero-order chi connectivity index (χ0) is 22.5. The maximum absolute atomic E-state index is 12.8. The molecular formula is C25H29N5O2. The summed E-state index contributed by atoms with van der Waals surface area (Å²) in [5, 5.41) is 6.81. The number of carbonyl (C=O) groups is 1. The molecule has 32 heavy (non-hydrogen) atoms. The van der Waals surface area contributed by atoms with Crippen molar-refractivity contribution in [1.29, 1.82) is 0 Å². The standard InChI is InChI=1S/C25H29N5O2/c1-17-24(28-25(31)32-20-13-7-4-8-14-20)27-23(19-11-5-3-6-12-19)21-15-9-10-16-22(21)30(17)18(2)29-26/h3,5-6,9-12,15-16,20,24H,1,4,7-8,13-14,26H2,2H3,(H,28,31)/b29-18-. The molecule has 7 heteroatoms. The number of fused-ring (bicyclic) bond motifs is 1. The number of para-hydroxylation sites is 1. The van der Waals surface area contributed by atoms with Crippen LogP contribution in [0.15, 0.2) is 77.0 Å². The van der Waals surface area contributed by atoms with Gasteiger partial charge in [0.15, 0.2) is 6.17 Å². The van der Waals surface area contributed by atoms with Crippen LogP contribution in [-0.2, 0) is 4.74 Å². The Labute approximate surface area is 188 Å². The maximum atomic E-state index is 12.8. The molecule has 2 aliphatic rings. The number of ether oxygens (including phenoxy) is 1. The minimum absolute atomic E-state index is 0.0546. The van der Waals surface area contributed by atoms with E-state index in [0.717, 1.165) is 48.2 Å². The SMILES string of the molecule is C=C1C(NC(=O)OC2CCCCC2)N=C(c2ccccc2)c2ccccc2N1/C(C)=N\N. The average molecular weight is 432 g/mol. The molecule has 0 radical (unpaired) electrons. The van der Waals surface area contributed by atoms with Crippen LogP contribution in [0.4, 0.5) is 10.5 Å². The second-order valence-electron chi connectivity index (χ2n) is 8.08. The quantitative estimate of drug-likeness (QED) is 0.323. The van der Waals surface area contributed by atoms with E-state index in [9.17, 15) is 4.79 Å². The van der Waals surface area contributed by atoms with E-state index in [1.165, 1.54) is 6.42 Å². The molecule has 1 fully saturated rings. The lowest BCUT2D eigenvalue weighted by molar-refractivity contribution is 0.0739. The fourth-order valence-corrected chi connectivity index (χ4v) is 4.28. The summed E-state index contributed by atoms with van der Waals surface area (Å²) >= 11 is 0. The minimum atomic E-state index is -0.745. The third kappa shape index (κ3) is 4.51. The van der Waals surface area contributed by atoms with E-state index in [1.807, 2.05) is 59.5 Å². The fraction of sp³-hybridized carbons (Fsp3) is 0.320. The van der Waals surface area contributed by atoms with Gasteiger partial charge in [-0.05, 0) is 38.7 Å². The van der Waals surface area contributed by atoms with E-state index >= 15 is 0 Å². The fourth-order valence-electron chi connectivity index (χ4n) is 4.28. The molecule has 0 saturated heterocycles. The van der Waals surface area contributed by atoms with Crippen LogP contribution >= 0.6 is 0 Å². The Morgan fingerprint density at radius 2 is 1.81 bits per heavy atom. The number of hydrogen-bond acceptors (Lipinski definition) is 5. The van der Waals surface area contributed by atoms with Crippen LogP contribution in [0.3, 0.4) is 0 Å². The Hall–Kier alpha value is -3.61. The lowest BCUT2D eigenvalue weighted by Crippen LogP contribution is -2.43. The smallest absolute Gasteiger partial charge is 0.409 e. The molecule has 1 atom stereocenters. The molecule has 3 N–H and O–H groups in total. The first-order chi connectivity index (χ1) is 15.6. The van der Waals surface area contributed by atoms with Crippen molar-refractivity contribution in [2.45, 2.75) is 51.3 Å². The number of amidine groups is 1. The molecule has 0 spiro atoms. The highest BCUT2D eigenvalue weighted by molar-refractivity contribution is 6.19. The first-order valence-corrected chi connectivity index (χ1v) is 11.0. The predicted octanol–water partition coefficient (Wildman–Crippen LogP) is 4.53. The van der Waals surface area contributed by atoms with E-state index in [1.54, 1.807) is 6.92 Å². The van der Waals surface area contributed by atoms with Gasteiger partial charge in [-0.25, -0.2) is 4.79 Å². The second kappa shape index (κ2) is 9.68. The van der Waals surface area contributed by atoms with Gasteiger partial charge in [0.2, 0.25) is 0 Å². The monoisotopic (exact) mass is 431 g/mol. The topological polar surface area (TPSA) is 92.3 Å². The first kappa shape index (κ1) is 21.6. The molecule has 1 saturated carbocycles. The van der Waals surface area contributed by atoms with Gasteiger partial charge in [-0.2, -0.15) is 5.10 Å². The summed E-state index contributed by atoms with van der Waals surface area (Å²) in [4.78, 5) is 19.6. The number of carbonyl (C=O) groups excluding carboxylic acids is 1. The molecule has 1 amide bonds. The van der Waals surface area contributed by atoms with Gasteiger partial charge in [-0.3, -0.25) is 15.2 Å². The van der Waals surface area contributed by atoms with Gasteiger partial charge in [0.05, 0.1) is 17.1 Å². The summed E-state index contributed by atoms with van der Waals surface area (Å²) in [5.74, 6) is 6.19. The molecule has 2 aromatic rings. The molecule has 1 heterocycles. The maximum Gasteiger partial charge on any atom is 0.409 e. The molecule has 1 aliphatic carbocycles. The normalized spacial score (nSPS) is 19.6. The van der Waals surface area contributed by atoms with Crippen LogP contribution < -0.4 is 16.1 Å². The third-order valence-corrected chi connectivity index (χ3v) is 5.90. The van der Waals surface area contributed by atoms with Crippen molar-refractivity contribution in [3.63, 3.8) is 0 Å². The molecule has 7 nitrogen and oxygen atoms in total. The number of alkyl carbamates (subject to hydrolysis) is 1. The van der Waals surface area contributed by atoms with E-state index in [4.69, 9.17) is 15.6 Å². The molecule has 1 unspecified atom stereocenters. The van der Waals surface area contributed by atoms with E-state index < -0.39 is 12.3 Å². The Balaban J connectivity index is 1.73. The number of nitrogens with one attached hydrogen (secondary N) is 1. The number of benzodiazepines with no additional fused rings is 1. The minimum Gasteiger partial charge on any atom is -0.446 e. The largest absolute Gasteiger partial charge is 0.446 e.